The van der Waals surface area contributed by atoms with E-state index in [9.17, 15) is 24.6 Å². The average molecular weight is 402 g/mol. The number of nitrogens with zero attached hydrogens (tertiary/aromatic N) is 3. The number of para-hydroxylation sites is 1. The van der Waals surface area contributed by atoms with Crippen LogP contribution in [0.1, 0.15) is 18.5 Å². The van der Waals surface area contributed by atoms with E-state index >= 15 is 0 Å². The van der Waals surface area contributed by atoms with Gasteiger partial charge in [0.25, 0.3) is 0 Å². The third-order valence-electron chi connectivity index (χ3n) is 5.17. The first kappa shape index (κ1) is 20.8. The Morgan fingerprint density at radius 2 is 1.76 bits per heavy atom. The number of hydrogen-bond donors (Lipinski definition) is 3. The summed E-state index contributed by atoms with van der Waals surface area (Å²) in [6.07, 6.45) is 1.64. The number of fused-ring (bicyclic) bond motifs is 1. The van der Waals surface area contributed by atoms with E-state index in [4.69, 9.17) is 0 Å². The second-order valence-corrected chi connectivity index (χ2v) is 7.13. The van der Waals surface area contributed by atoms with Gasteiger partial charge in [-0.15, -0.1) is 0 Å². The van der Waals surface area contributed by atoms with Crippen LogP contribution in [0.2, 0.25) is 0 Å². The lowest BCUT2D eigenvalue weighted by Crippen LogP contribution is -2.51. The van der Waals surface area contributed by atoms with Crippen LogP contribution in [0.4, 0.5) is 0 Å². The van der Waals surface area contributed by atoms with Gasteiger partial charge in [-0.1, -0.05) is 18.2 Å². The van der Waals surface area contributed by atoms with Gasteiger partial charge in [-0.3, -0.25) is 24.2 Å². The Morgan fingerprint density at radius 3 is 2.38 bits per heavy atom. The summed E-state index contributed by atoms with van der Waals surface area (Å²) in [5, 5.41) is 22.7. The molecule has 1 aromatic heterocycles. The van der Waals surface area contributed by atoms with Crippen molar-refractivity contribution >= 4 is 28.7 Å². The minimum absolute atomic E-state index is 0.0347. The maximum Gasteiger partial charge on any atom is 0.325 e. The van der Waals surface area contributed by atoms with Crippen LogP contribution in [-0.2, 0) is 20.9 Å². The van der Waals surface area contributed by atoms with E-state index in [0.29, 0.717) is 50.3 Å². The topological polar surface area (TPSA) is 115 Å². The third kappa shape index (κ3) is 4.75. The van der Waals surface area contributed by atoms with Crippen molar-refractivity contribution in [3.8, 4) is 0 Å². The number of aliphatic carboxylic acids is 2. The van der Waals surface area contributed by atoms with E-state index < -0.39 is 18.0 Å². The highest BCUT2D eigenvalue weighted by atomic mass is 16.4. The monoisotopic (exact) mass is 402 g/mol. The molecule has 1 aliphatic heterocycles. The van der Waals surface area contributed by atoms with Gasteiger partial charge >= 0.3 is 11.9 Å². The molecule has 0 bridgehead atoms. The van der Waals surface area contributed by atoms with Crippen LogP contribution in [0.15, 0.2) is 30.5 Å². The highest BCUT2D eigenvalue weighted by Gasteiger charge is 2.33. The number of aromatic nitrogens is 1. The fourth-order valence-electron chi connectivity index (χ4n) is 3.89. The molecule has 1 aromatic carbocycles. The van der Waals surface area contributed by atoms with Gasteiger partial charge in [-0.25, -0.2) is 0 Å². The highest BCUT2D eigenvalue weighted by Crippen LogP contribution is 2.31. The smallest absolute Gasteiger partial charge is 0.325 e. The van der Waals surface area contributed by atoms with Gasteiger partial charge in [-0.05, 0) is 13.0 Å². The highest BCUT2D eigenvalue weighted by molar-refractivity contribution is 5.90. The lowest BCUT2D eigenvalue weighted by atomic mass is 10.0. The van der Waals surface area contributed by atoms with E-state index in [1.807, 2.05) is 28.9 Å². The number of piperazine rings is 1. The number of benzene rings is 1. The molecule has 29 heavy (non-hydrogen) atoms. The molecule has 0 radical (unpaired) electrons. The predicted molar refractivity (Wildman–Crippen MR) is 107 cm³/mol. The molecule has 2 heterocycles. The molecule has 0 saturated carbocycles. The van der Waals surface area contributed by atoms with Crippen LogP contribution in [0.25, 0.3) is 10.9 Å². The number of rotatable bonds is 8. The molecule has 9 nitrogen and oxygen atoms in total. The molecule has 1 aliphatic rings. The maximum atomic E-state index is 12.2. The van der Waals surface area contributed by atoms with Crippen molar-refractivity contribution in [1.29, 1.82) is 0 Å². The number of amides is 1. The molecule has 3 N–H and O–H groups in total. The van der Waals surface area contributed by atoms with Crippen LogP contribution in [-0.4, -0.2) is 81.7 Å². The summed E-state index contributed by atoms with van der Waals surface area (Å²) in [4.78, 5) is 39.1. The first-order valence-corrected chi connectivity index (χ1v) is 9.66. The quantitative estimate of drug-likeness (QED) is 0.592. The molecule has 156 valence electrons. The Bertz CT molecular complexity index is 901. The van der Waals surface area contributed by atoms with Crippen LogP contribution in [0.5, 0.6) is 0 Å². The van der Waals surface area contributed by atoms with Gasteiger partial charge in [-0.2, -0.15) is 0 Å². The van der Waals surface area contributed by atoms with Gasteiger partial charge in [0.1, 0.15) is 12.6 Å². The molecule has 3 rings (SSSR count). The molecule has 1 saturated heterocycles. The van der Waals surface area contributed by atoms with E-state index in [0.717, 1.165) is 5.39 Å². The Hall–Kier alpha value is -2.91. The SMILES string of the molecule is CCNC(=O)CN1CCN([C@@H](C(=O)O)c2cn(CC(=O)O)c3ccccc23)CC1. The normalized spacial score (nSPS) is 16.6. The predicted octanol–water partition coefficient (Wildman–Crippen LogP) is 0.605. The Balaban J connectivity index is 1.82. The second kappa shape index (κ2) is 9.06. The molecule has 1 amide bonds. The lowest BCUT2D eigenvalue weighted by molar-refractivity contribution is -0.144. The number of carboxylic acids is 2. The van der Waals surface area contributed by atoms with Crippen molar-refractivity contribution in [2.24, 2.45) is 0 Å². The minimum Gasteiger partial charge on any atom is -0.480 e. The van der Waals surface area contributed by atoms with Crippen LogP contribution >= 0.6 is 0 Å². The Morgan fingerprint density at radius 1 is 1.07 bits per heavy atom. The molecule has 0 spiro atoms. The zero-order valence-electron chi connectivity index (χ0n) is 16.4. The number of carboxylic acid groups (broad SMARTS) is 2. The molecular formula is C20H26N4O5. The zero-order valence-corrected chi connectivity index (χ0v) is 16.4. The standard InChI is InChI=1S/C20H26N4O5/c1-2-21-17(25)12-22-7-9-23(10-8-22)19(20(28)29)15-11-24(13-18(26)27)16-6-4-3-5-14(15)16/h3-6,11,19H,2,7-10,12-13H2,1H3,(H,21,25)(H,26,27)(H,28,29)/t19-/m1/s1. The average Bonchev–Trinajstić information content (AvgIpc) is 3.01. The summed E-state index contributed by atoms with van der Waals surface area (Å²) in [6, 6.07) is 6.37. The van der Waals surface area contributed by atoms with Gasteiger partial charge in [0, 0.05) is 55.4 Å². The molecule has 9 heteroatoms. The molecule has 1 atom stereocenters. The van der Waals surface area contributed by atoms with Crippen molar-refractivity contribution < 1.29 is 24.6 Å². The number of likely N-dealkylation sites (N-methyl/N-ethyl adjacent to an activating group) is 1. The van der Waals surface area contributed by atoms with Crippen molar-refractivity contribution in [2.45, 2.75) is 19.5 Å². The number of hydrogen-bond acceptors (Lipinski definition) is 5. The summed E-state index contributed by atoms with van der Waals surface area (Å²) in [5.74, 6) is -1.99. The number of nitrogens with one attached hydrogen (secondary N) is 1. The van der Waals surface area contributed by atoms with Gasteiger partial charge in [0.05, 0.1) is 6.54 Å². The number of carbonyl (C=O) groups excluding carboxylic acids is 1. The van der Waals surface area contributed by atoms with Crippen LogP contribution in [0, 0.1) is 0 Å². The minimum atomic E-state index is -0.983. The maximum absolute atomic E-state index is 12.2. The zero-order chi connectivity index (χ0) is 21.0. The summed E-state index contributed by atoms with van der Waals surface area (Å²) >= 11 is 0. The largest absolute Gasteiger partial charge is 0.480 e. The summed E-state index contributed by atoms with van der Waals surface area (Å²) < 4.78 is 1.58. The van der Waals surface area contributed by atoms with Crippen LogP contribution in [0.3, 0.4) is 0 Å². The molecular weight excluding hydrogens is 376 g/mol. The van der Waals surface area contributed by atoms with Gasteiger partial charge in [0.15, 0.2) is 0 Å². The van der Waals surface area contributed by atoms with Gasteiger partial charge in [0.2, 0.25) is 5.91 Å². The van der Waals surface area contributed by atoms with Gasteiger partial charge < -0.3 is 20.1 Å². The fraction of sp³-hybridized carbons (Fsp3) is 0.450. The molecule has 0 aliphatic carbocycles. The first-order chi connectivity index (χ1) is 13.9. The number of carbonyl (C=O) groups is 3. The van der Waals surface area contributed by atoms with Crippen LogP contribution < -0.4 is 5.32 Å². The van der Waals surface area contributed by atoms with Crippen molar-refractivity contribution in [3.05, 3.63) is 36.0 Å². The fourth-order valence-corrected chi connectivity index (χ4v) is 3.89. The molecule has 0 unspecified atom stereocenters. The van der Waals surface area contributed by atoms with E-state index in [-0.39, 0.29) is 12.5 Å². The van der Waals surface area contributed by atoms with Crippen molar-refractivity contribution in [2.75, 3.05) is 39.3 Å². The lowest BCUT2D eigenvalue weighted by Gasteiger charge is -2.37. The molecule has 2 aromatic rings. The third-order valence-corrected chi connectivity index (χ3v) is 5.17. The Labute approximate surface area is 168 Å². The van der Waals surface area contributed by atoms with E-state index in [1.165, 1.54) is 0 Å². The second-order valence-electron chi connectivity index (χ2n) is 7.13. The van der Waals surface area contributed by atoms with E-state index in [2.05, 4.69) is 5.32 Å². The van der Waals surface area contributed by atoms with Crippen molar-refractivity contribution in [1.82, 2.24) is 19.7 Å². The summed E-state index contributed by atoms with van der Waals surface area (Å²) in [6.45, 7) is 4.73. The van der Waals surface area contributed by atoms with Crippen molar-refractivity contribution in [3.63, 3.8) is 0 Å². The first-order valence-electron chi connectivity index (χ1n) is 9.66. The molecule has 1 fully saturated rings. The summed E-state index contributed by atoms with van der Waals surface area (Å²) in [5.41, 5.74) is 1.29. The Kier molecular flexibility index (Phi) is 6.50. The van der Waals surface area contributed by atoms with E-state index in [1.54, 1.807) is 22.9 Å². The summed E-state index contributed by atoms with van der Waals surface area (Å²) in [7, 11) is 0.